The molecule has 0 spiro atoms. The Labute approximate surface area is 165 Å². The van der Waals surface area contributed by atoms with Crippen molar-refractivity contribution in [3.05, 3.63) is 34.1 Å². The van der Waals surface area contributed by atoms with Crippen molar-refractivity contribution >= 4 is 35.2 Å². The van der Waals surface area contributed by atoms with Crippen LogP contribution < -0.4 is 20.8 Å². The van der Waals surface area contributed by atoms with E-state index in [-0.39, 0.29) is 41.0 Å². The fourth-order valence-corrected chi connectivity index (χ4v) is 3.73. The van der Waals surface area contributed by atoms with E-state index in [0.717, 1.165) is 25.3 Å². The first kappa shape index (κ1) is 20.3. The van der Waals surface area contributed by atoms with Crippen molar-refractivity contribution in [2.45, 2.75) is 25.3 Å². The summed E-state index contributed by atoms with van der Waals surface area (Å²) >= 11 is 0. The lowest BCUT2D eigenvalue weighted by atomic mass is 10.1. The predicted octanol–water partition coefficient (Wildman–Crippen LogP) is 2.88. The zero-order chi connectivity index (χ0) is 19.3. The molecule has 1 aliphatic heterocycles. The zero-order valence-corrected chi connectivity index (χ0v) is 15.7. The van der Waals surface area contributed by atoms with Gasteiger partial charge in [0.25, 0.3) is 0 Å². The van der Waals surface area contributed by atoms with E-state index in [2.05, 4.69) is 4.74 Å². The summed E-state index contributed by atoms with van der Waals surface area (Å²) in [6, 6.07) is 0.895. The number of pyridine rings is 1. The number of hydrogen-bond donors (Lipinski definition) is 2. The molecular weight excluding hydrogens is 396 g/mol. The van der Waals surface area contributed by atoms with Crippen molar-refractivity contribution in [3.63, 3.8) is 0 Å². The molecule has 1 unspecified atom stereocenters. The number of hydrogen-bond acceptors (Lipinski definition) is 5. The van der Waals surface area contributed by atoms with Crippen LogP contribution in [0.1, 0.15) is 25.3 Å². The van der Waals surface area contributed by atoms with Crippen LogP contribution in [0.4, 0.5) is 19.3 Å². The third kappa shape index (κ3) is 3.40. The molecule has 3 N–H and O–H groups in total. The maximum atomic E-state index is 15.4. The van der Waals surface area contributed by atoms with E-state index in [1.807, 2.05) is 0 Å². The first-order valence-electron chi connectivity index (χ1n) is 8.83. The fourth-order valence-electron chi connectivity index (χ4n) is 3.73. The second-order valence-electron chi connectivity index (χ2n) is 7.08. The molecule has 2 heterocycles. The van der Waals surface area contributed by atoms with Crippen LogP contribution in [-0.2, 0) is 0 Å². The third-order valence-electron chi connectivity index (χ3n) is 5.22. The number of rotatable bonds is 4. The topological polar surface area (TPSA) is 97.8 Å². The summed E-state index contributed by atoms with van der Waals surface area (Å²) in [7, 11) is 0. The standard InChI is InChI=1S/C18H19F2N3O4.ClH/c19-12-5-11-15(14(20)16(12)22-4-3-9(6-21)7-22)23(10-1-2-10)8-13(17(11)24)27-18(25)26;/h5,8-10H,1-4,6-7,21H2,(H,25,26);1H. The molecule has 1 atom stereocenters. The van der Waals surface area contributed by atoms with Crippen LogP contribution in [-0.4, -0.2) is 35.5 Å². The SMILES string of the molecule is Cl.NCC1CCN(c2c(F)cc3c(=O)c(OC(=O)O)cn(C4CC4)c3c2F)C1. The molecule has 2 aliphatic rings. The summed E-state index contributed by atoms with van der Waals surface area (Å²) in [6.07, 6.45) is 1.81. The molecular formula is C18H20ClF2N3O4. The van der Waals surface area contributed by atoms with Gasteiger partial charge in [-0.15, -0.1) is 12.4 Å². The molecule has 1 aromatic carbocycles. The maximum Gasteiger partial charge on any atom is 0.511 e. The lowest BCUT2D eigenvalue weighted by molar-refractivity contribution is 0.143. The number of nitrogens with two attached hydrogens (primary N) is 1. The van der Waals surface area contributed by atoms with Crippen LogP contribution in [0.25, 0.3) is 10.9 Å². The lowest BCUT2D eigenvalue weighted by Gasteiger charge is -2.22. The van der Waals surface area contributed by atoms with E-state index in [9.17, 15) is 14.0 Å². The van der Waals surface area contributed by atoms with E-state index < -0.39 is 29.0 Å². The summed E-state index contributed by atoms with van der Waals surface area (Å²) in [5, 5.41) is 8.59. The highest BCUT2D eigenvalue weighted by atomic mass is 35.5. The van der Waals surface area contributed by atoms with Crippen LogP contribution in [0.2, 0.25) is 0 Å². The van der Waals surface area contributed by atoms with Gasteiger partial charge in [0.05, 0.1) is 17.1 Å². The molecule has 1 aliphatic carbocycles. The van der Waals surface area contributed by atoms with E-state index >= 15 is 4.39 Å². The van der Waals surface area contributed by atoms with Crippen molar-refractivity contribution < 1.29 is 23.4 Å². The molecule has 1 saturated carbocycles. The van der Waals surface area contributed by atoms with E-state index in [1.165, 1.54) is 10.8 Å². The van der Waals surface area contributed by atoms with Crippen molar-refractivity contribution in [2.24, 2.45) is 11.7 Å². The van der Waals surface area contributed by atoms with Crippen LogP contribution in [0.5, 0.6) is 5.75 Å². The number of carboxylic acid groups (broad SMARTS) is 1. The zero-order valence-electron chi connectivity index (χ0n) is 14.9. The molecule has 0 radical (unpaired) electrons. The minimum Gasteiger partial charge on any atom is -0.449 e. The Morgan fingerprint density at radius 2 is 2.04 bits per heavy atom. The summed E-state index contributed by atoms with van der Waals surface area (Å²) in [5.74, 6) is -1.97. The number of ether oxygens (including phenoxy) is 1. The second-order valence-corrected chi connectivity index (χ2v) is 7.08. The number of carbonyl (C=O) groups is 1. The average molecular weight is 416 g/mol. The lowest BCUT2D eigenvalue weighted by Crippen LogP contribution is -2.25. The monoisotopic (exact) mass is 415 g/mol. The number of aromatic nitrogens is 1. The van der Waals surface area contributed by atoms with Gasteiger partial charge in [-0.2, -0.15) is 0 Å². The minimum absolute atomic E-state index is 0. The molecule has 2 aromatic rings. The second kappa shape index (κ2) is 7.56. The molecule has 0 amide bonds. The smallest absolute Gasteiger partial charge is 0.449 e. The van der Waals surface area contributed by atoms with Gasteiger partial charge in [0.1, 0.15) is 11.5 Å². The number of halogens is 3. The highest BCUT2D eigenvalue weighted by Gasteiger charge is 2.32. The number of fused-ring (bicyclic) bond motifs is 1. The van der Waals surface area contributed by atoms with Gasteiger partial charge in [0.15, 0.2) is 11.6 Å². The largest absolute Gasteiger partial charge is 0.511 e. The highest BCUT2D eigenvalue weighted by molar-refractivity contribution is 5.86. The van der Waals surface area contributed by atoms with Gasteiger partial charge in [-0.3, -0.25) is 4.79 Å². The molecule has 1 aromatic heterocycles. The summed E-state index contributed by atoms with van der Waals surface area (Å²) in [5.41, 5.74) is 4.63. The van der Waals surface area contributed by atoms with Gasteiger partial charge in [0.2, 0.25) is 5.43 Å². The van der Waals surface area contributed by atoms with Crippen molar-refractivity contribution in [3.8, 4) is 5.75 Å². The fraction of sp³-hybridized carbons (Fsp3) is 0.444. The Kier molecular flexibility index (Phi) is 5.49. The summed E-state index contributed by atoms with van der Waals surface area (Å²) < 4.78 is 36.2. The number of benzene rings is 1. The van der Waals surface area contributed by atoms with Gasteiger partial charge in [-0.25, -0.2) is 13.6 Å². The molecule has 4 rings (SSSR count). The predicted molar refractivity (Wildman–Crippen MR) is 102 cm³/mol. The maximum absolute atomic E-state index is 15.4. The molecule has 2 fully saturated rings. The van der Waals surface area contributed by atoms with Gasteiger partial charge in [-0.1, -0.05) is 0 Å². The van der Waals surface area contributed by atoms with Crippen LogP contribution in [0.3, 0.4) is 0 Å². The van der Waals surface area contributed by atoms with Crippen molar-refractivity contribution in [1.29, 1.82) is 0 Å². The van der Waals surface area contributed by atoms with Crippen LogP contribution in [0.15, 0.2) is 17.1 Å². The quantitative estimate of drug-likeness (QED) is 0.745. The van der Waals surface area contributed by atoms with E-state index in [1.54, 1.807) is 4.90 Å². The Morgan fingerprint density at radius 1 is 1.32 bits per heavy atom. The van der Waals surface area contributed by atoms with Gasteiger partial charge in [0, 0.05) is 19.1 Å². The first-order valence-corrected chi connectivity index (χ1v) is 8.83. The number of anilines is 1. The van der Waals surface area contributed by atoms with Gasteiger partial charge < -0.3 is 25.0 Å². The first-order chi connectivity index (χ1) is 12.9. The Balaban J connectivity index is 0.00000225. The van der Waals surface area contributed by atoms with E-state index in [4.69, 9.17) is 10.8 Å². The molecule has 1 saturated heterocycles. The third-order valence-corrected chi connectivity index (χ3v) is 5.22. The number of nitrogens with zero attached hydrogens (tertiary/aromatic N) is 2. The Bertz CT molecular complexity index is 993. The van der Waals surface area contributed by atoms with Gasteiger partial charge >= 0.3 is 6.16 Å². The average Bonchev–Trinajstić information content (AvgIpc) is 3.35. The summed E-state index contributed by atoms with van der Waals surface area (Å²) in [4.78, 5) is 25.0. The summed E-state index contributed by atoms with van der Waals surface area (Å²) in [6.45, 7) is 1.37. The van der Waals surface area contributed by atoms with E-state index in [0.29, 0.717) is 19.6 Å². The van der Waals surface area contributed by atoms with Crippen LogP contribution >= 0.6 is 12.4 Å². The Hall–Kier alpha value is -2.39. The molecule has 0 bridgehead atoms. The molecule has 152 valence electrons. The van der Waals surface area contributed by atoms with Crippen LogP contribution in [0, 0.1) is 17.6 Å². The highest BCUT2D eigenvalue weighted by Crippen LogP contribution is 2.40. The van der Waals surface area contributed by atoms with Crippen molar-refractivity contribution in [1.82, 2.24) is 4.57 Å². The van der Waals surface area contributed by atoms with Gasteiger partial charge in [-0.05, 0) is 37.8 Å². The Morgan fingerprint density at radius 3 is 2.61 bits per heavy atom. The molecule has 7 nitrogen and oxygen atoms in total. The molecule has 10 heteroatoms. The molecule has 28 heavy (non-hydrogen) atoms. The normalized spacial score (nSPS) is 19.0. The minimum atomic E-state index is -1.66. The van der Waals surface area contributed by atoms with Crippen molar-refractivity contribution in [2.75, 3.05) is 24.5 Å².